The molecule has 4 nitrogen and oxygen atoms in total. The number of hydrogen-bond donors (Lipinski definition) is 1. The van der Waals surface area contributed by atoms with Gasteiger partial charge in [0.05, 0.1) is 7.11 Å². The third kappa shape index (κ3) is 2.40. The predicted molar refractivity (Wildman–Crippen MR) is 79.9 cm³/mol. The zero-order valence-electron chi connectivity index (χ0n) is 11.2. The van der Waals surface area contributed by atoms with Gasteiger partial charge in [-0.3, -0.25) is 0 Å². The van der Waals surface area contributed by atoms with Crippen LogP contribution in [0.4, 0.5) is 5.95 Å². The molecule has 0 spiro atoms. The molecule has 0 fully saturated rings. The summed E-state index contributed by atoms with van der Waals surface area (Å²) in [6, 6.07) is 14.1. The highest BCUT2D eigenvalue weighted by molar-refractivity contribution is 5.87. The lowest BCUT2D eigenvalue weighted by Gasteiger charge is -2.12. The lowest BCUT2D eigenvalue weighted by molar-refractivity contribution is 0.411. The van der Waals surface area contributed by atoms with Gasteiger partial charge in [0.15, 0.2) is 0 Å². The number of ether oxygens (including phenoxy) is 1. The molecule has 100 valence electrons. The highest BCUT2D eigenvalue weighted by Gasteiger charge is 2.08. The number of hydrogen-bond acceptors (Lipinski definition) is 4. The van der Waals surface area contributed by atoms with Gasteiger partial charge in [0, 0.05) is 24.5 Å². The van der Waals surface area contributed by atoms with E-state index in [1.165, 1.54) is 10.8 Å². The van der Waals surface area contributed by atoms with Crippen LogP contribution in [0, 0.1) is 0 Å². The third-order valence-corrected chi connectivity index (χ3v) is 3.21. The first-order valence-electron chi connectivity index (χ1n) is 6.44. The number of nitrogens with one attached hydrogen (secondary N) is 1. The number of fused-ring (bicyclic) bond motifs is 1. The van der Waals surface area contributed by atoms with E-state index in [-0.39, 0.29) is 0 Å². The Balaban J connectivity index is 1.96. The molecule has 0 saturated carbocycles. The van der Waals surface area contributed by atoms with Crippen LogP contribution in [0.2, 0.25) is 0 Å². The van der Waals surface area contributed by atoms with Crippen molar-refractivity contribution in [2.75, 3.05) is 12.4 Å². The molecule has 0 aliphatic heterocycles. The van der Waals surface area contributed by atoms with Crippen molar-refractivity contribution < 1.29 is 4.74 Å². The van der Waals surface area contributed by atoms with Gasteiger partial charge in [-0.25, -0.2) is 9.97 Å². The minimum atomic E-state index is 0.613. The molecular weight excluding hydrogens is 250 g/mol. The fourth-order valence-electron chi connectivity index (χ4n) is 2.25. The van der Waals surface area contributed by atoms with Crippen molar-refractivity contribution in [3.05, 3.63) is 60.4 Å². The second-order valence-electron chi connectivity index (χ2n) is 4.39. The third-order valence-electron chi connectivity index (χ3n) is 3.21. The van der Waals surface area contributed by atoms with Gasteiger partial charge < -0.3 is 10.1 Å². The summed E-state index contributed by atoms with van der Waals surface area (Å²) in [5, 5.41) is 5.60. The number of aromatic nitrogens is 2. The average Bonchev–Trinajstić information content (AvgIpc) is 2.53. The molecule has 1 N–H and O–H groups in total. The smallest absolute Gasteiger partial charge is 0.222 e. The van der Waals surface area contributed by atoms with Gasteiger partial charge in [-0.15, -0.1) is 0 Å². The van der Waals surface area contributed by atoms with Crippen molar-refractivity contribution in [3.8, 4) is 5.75 Å². The van der Waals surface area contributed by atoms with E-state index in [0.717, 1.165) is 11.3 Å². The number of rotatable bonds is 4. The minimum absolute atomic E-state index is 0.613. The van der Waals surface area contributed by atoms with Crippen LogP contribution in [0.25, 0.3) is 10.8 Å². The van der Waals surface area contributed by atoms with Crippen molar-refractivity contribution in [3.63, 3.8) is 0 Å². The summed E-state index contributed by atoms with van der Waals surface area (Å²) in [6.07, 6.45) is 3.44. The Hall–Kier alpha value is -2.62. The number of benzene rings is 2. The van der Waals surface area contributed by atoms with Gasteiger partial charge in [0.2, 0.25) is 5.95 Å². The maximum absolute atomic E-state index is 5.46. The molecule has 0 amide bonds. The summed E-state index contributed by atoms with van der Waals surface area (Å²) in [7, 11) is 1.69. The van der Waals surface area contributed by atoms with Crippen LogP contribution in [0.3, 0.4) is 0 Å². The Morgan fingerprint density at radius 1 is 1.00 bits per heavy atom. The molecule has 0 bridgehead atoms. The Labute approximate surface area is 117 Å². The normalized spacial score (nSPS) is 10.4. The number of methoxy groups -OCH3 is 1. The summed E-state index contributed by atoms with van der Waals surface area (Å²) < 4.78 is 5.46. The van der Waals surface area contributed by atoms with Crippen LogP contribution in [0.5, 0.6) is 5.75 Å². The summed E-state index contributed by atoms with van der Waals surface area (Å²) in [5.41, 5.74) is 1.11. The molecule has 3 rings (SSSR count). The van der Waals surface area contributed by atoms with Gasteiger partial charge in [0.1, 0.15) is 5.75 Å². The molecular formula is C16H15N3O. The van der Waals surface area contributed by atoms with E-state index in [2.05, 4.69) is 33.5 Å². The second-order valence-corrected chi connectivity index (χ2v) is 4.39. The lowest BCUT2D eigenvalue weighted by Crippen LogP contribution is -2.05. The van der Waals surface area contributed by atoms with E-state index in [4.69, 9.17) is 4.74 Å². The molecule has 4 heteroatoms. The van der Waals surface area contributed by atoms with Crippen molar-refractivity contribution in [1.29, 1.82) is 0 Å². The molecule has 0 atom stereocenters. The van der Waals surface area contributed by atoms with Gasteiger partial charge in [-0.2, -0.15) is 0 Å². The number of anilines is 1. The Morgan fingerprint density at radius 3 is 2.60 bits per heavy atom. The van der Waals surface area contributed by atoms with Gasteiger partial charge in [-0.05, 0) is 22.9 Å². The molecule has 1 aromatic heterocycles. The van der Waals surface area contributed by atoms with E-state index in [1.54, 1.807) is 25.6 Å². The summed E-state index contributed by atoms with van der Waals surface area (Å²) >= 11 is 0. The first-order chi connectivity index (χ1) is 9.88. The van der Waals surface area contributed by atoms with Crippen molar-refractivity contribution in [2.45, 2.75) is 6.54 Å². The first kappa shape index (κ1) is 12.4. The summed E-state index contributed by atoms with van der Waals surface area (Å²) in [4.78, 5) is 8.33. The van der Waals surface area contributed by atoms with Crippen LogP contribution >= 0.6 is 0 Å². The fourth-order valence-corrected chi connectivity index (χ4v) is 2.25. The van der Waals surface area contributed by atoms with Crippen molar-refractivity contribution in [2.24, 2.45) is 0 Å². The van der Waals surface area contributed by atoms with E-state index < -0.39 is 0 Å². The van der Waals surface area contributed by atoms with E-state index in [9.17, 15) is 0 Å². The molecule has 0 radical (unpaired) electrons. The molecule has 0 aliphatic carbocycles. The maximum atomic E-state index is 5.46. The van der Waals surface area contributed by atoms with Gasteiger partial charge in [0.25, 0.3) is 0 Å². The minimum Gasteiger partial charge on any atom is -0.496 e. The maximum Gasteiger partial charge on any atom is 0.222 e. The monoisotopic (exact) mass is 265 g/mol. The van der Waals surface area contributed by atoms with Crippen LogP contribution in [0.15, 0.2) is 54.9 Å². The van der Waals surface area contributed by atoms with Crippen LogP contribution < -0.4 is 10.1 Å². The Morgan fingerprint density at radius 2 is 1.80 bits per heavy atom. The largest absolute Gasteiger partial charge is 0.496 e. The summed E-state index contributed by atoms with van der Waals surface area (Å²) in [5.74, 6) is 1.48. The molecule has 3 aromatic rings. The molecule has 1 heterocycles. The van der Waals surface area contributed by atoms with Crippen LogP contribution in [-0.4, -0.2) is 17.1 Å². The molecule has 20 heavy (non-hydrogen) atoms. The Bertz CT molecular complexity index is 713. The molecule has 0 aliphatic rings. The molecule has 0 saturated heterocycles. The van der Waals surface area contributed by atoms with Gasteiger partial charge >= 0.3 is 0 Å². The highest BCUT2D eigenvalue weighted by atomic mass is 16.5. The fraction of sp³-hybridized carbons (Fsp3) is 0.125. The summed E-state index contributed by atoms with van der Waals surface area (Å²) in [6.45, 7) is 0.620. The number of nitrogens with zero attached hydrogens (tertiary/aromatic N) is 2. The van der Waals surface area contributed by atoms with E-state index in [0.29, 0.717) is 12.5 Å². The SMILES string of the molecule is COc1ccc2ccccc2c1CNc1ncccn1. The van der Waals surface area contributed by atoms with Crippen molar-refractivity contribution in [1.82, 2.24) is 9.97 Å². The van der Waals surface area contributed by atoms with Crippen molar-refractivity contribution >= 4 is 16.7 Å². The quantitative estimate of drug-likeness (QED) is 0.786. The highest BCUT2D eigenvalue weighted by Crippen LogP contribution is 2.28. The van der Waals surface area contributed by atoms with E-state index >= 15 is 0 Å². The van der Waals surface area contributed by atoms with Crippen LogP contribution in [0.1, 0.15) is 5.56 Å². The van der Waals surface area contributed by atoms with Gasteiger partial charge in [-0.1, -0.05) is 30.3 Å². The average molecular weight is 265 g/mol. The predicted octanol–water partition coefficient (Wildman–Crippen LogP) is 3.25. The lowest BCUT2D eigenvalue weighted by atomic mass is 10.0. The standard InChI is InChI=1S/C16H15N3O/c1-20-15-8-7-12-5-2-3-6-13(12)14(15)11-19-16-17-9-4-10-18-16/h2-10H,11H2,1H3,(H,17,18,19). The van der Waals surface area contributed by atoms with Crippen LogP contribution in [-0.2, 0) is 6.54 Å². The second kappa shape index (κ2) is 5.57. The molecule has 0 unspecified atom stereocenters. The molecule has 2 aromatic carbocycles. The zero-order valence-corrected chi connectivity index (χ0v) is 11.2. The topological polar surface area (TPSA) is 47.0 Å². The van der Waals surface area contributed by atoms with E-state index in [1.807, 2.05) is 18.2 Å². The Kier molecular flexibility index (Phi) is 3.46. The first-order valence-corrected chi connectivity index (χ1v) is 6.44. The zero-order chi connectivity index (χ0) is 13.8.